The minimum absolute atomic E-state index is 0.150. The van der Waals surface area contributed by atoms with E-state index >= 15 is 0 Å². The minimum atomic E-state index is -3.67. The van der Waals surface area contributed by atoms with Gasteiger partial charge in [0.05, 0.1) is 0 Å². The van der Waals surface area contributed by atoms with E-state index in [0.717, 1.165) is 9.99 Å². The Bertz CT molecular complexity index is 720. The minimum Gasteiger partial charge on any atom is -0.369 e. The van der Waals surface area contributed by atoms with Crippen LogP contribution in [0.25, 0.3) is 0 Å². The van der Waals surface area contributed by atoms with E-state index < -0.39 is 10.0 Å². The Kier molecular flexibility index (Phi) is 5.40. The van der Waals surface area contributed by atoms with E-state index in [4.69, 9.17) is 0 Å². The first kappa shape index (κ1) is 16.0. The van der Waals surface area contributed by atoms with Crippen LogP contribution < -0.4 is 10.0 Å². The number of sulfonamides is 1. The molecule has 2 N–H and O–H groups in total. The molecule has 7 heteroatoms. The molecule has 0 aliphatic heterocycles. The van der Waals surface area contributed by atoms with Crippen molar-refractivity contribution in [1.82, 2.24) is 4.98 Å². The summed E-state index contributed by atoms with van der Waals surface area (Å²) in [6.07, 6.45) is 2.46. The van der Waals surface area contributed by atoms with Gasteiger partial charge in [-0.25, -0.2) is 13.4 Å². The van der Waals surface area contributed by atoms with Crippen LogP contribution in [0.4, 0.5) is 11.5 Å². The van der Waals surface area contributed by atoms with Crippen molar-refractivity contribution in [2.45, 2.75) is 18.2 Å². The van der Waals surface area contributed by atoms with Gasteiger partial charge in [-0.1, -0.05) is 13.0 Å². The van der Waals surface area contributed by atoms with Gasteiger partial charge in [-0.15, -0.1) is 0 Å². The number of anilines is 2. The number of rotatable bonds is 6. The maximum atomic E-state index is 12.5. The third-order valence-corrected chi connectivity index (χ3v) is 4.76. The van der Waals surface area contributed by atoms with Crippen LogP contribution in [0.3, 0.4) is 0 Å². The summed E-state index contributed by atoms with van der Waals surface area (Å²) >= 11 is 2.14. The Morgan fingerprint density at radius 1 is 1.24 bits per heavy atom. The standard InChI is InChI=1S/C14H16IN3O2S/c1-2-8-16-14-13(7-4-9-17-14)21(19,20)18-12-6-3-5-11(15)10-12/h3-7,9-10,18H,2,8H2,1H3,(H,16,17). The van der Waals surface area contributed by atoms with Gasteiger partial charge in [-0.3, -0.25) is 4.72 Å². The number of nitrogens with zero attached hydrogens (tertiary/aromatic N) is 1. The zero-order valence-electron chi connectivity index (χ0n) is 11.5. The molecule has 0 unspecified atom stereocenters. The number of aromatic nitrogens is 1. The molecule has 0 amide bonds. The van der Waals surface area contributed by atoms with Gasteiger partial charge in [0, 0.05) is 22.0 Å². The second-order valence-corrected chi connectivity index (χ2v) is 7.29. The molecule has 1 aromatic heterocycles. The predicted octanol–water partition coefficient (Wildman–Crippen LogP) is 3.31. The number of nitrogens with one attached hydrogen (secondary N) is 2. The summed E-state index contributed by atoms with van der Waals surface area (Å²) in [6, 6.07) is 10.3. The number of hydrogen-bond donors (Lipinski definition) is 2. The SMILES string of the molecule is CCCNc1ncccc1S(=O)(=O)Nc1cccc(I)c1. The molecule has 21 heavy (non-hydrogen) atoms. The van der Waals surface area contributed by atoms with Gasteiger partial charge >= 0.3 is 0 Å². The van der Waals surface area contributed by atoms with Crippen molar-refractivity contribution in [2.24, 2.45) is 0 Å². The zero-order valence-corrected chi connectivity index (χ0v) is 14.5. The van der Waals surface area contributed by atoms with Crippen molar-refractivity contribution in [3.8, 4) is 0 Å². The van der Waals surface area contributed by atoms with Gasteiger partial charge in [0.25, 0.3) is 10.0 Å². The molecule has 1 aromatic carbocycles. The topological polar surface area (TPSA) is 71.1 Å². The van der Waals surface area contributed by atoms with Crippen molar-refractivity contribution in [3.05, 3.63) is 46.2 Å². The van der Waals surface area contributed by atoms with Gasteiger partial charge in [-0.05, 0) is 59.3 Å². The third kappa shape index (κ3) is 4.31. The largest absolute Gasteiger partial charge is 0.369 e. The van der Waals surface area contributed by atoms with Crippen LogP contribution in [0, 0.1) is 3.57 Å². The Morgan fingerprint density at radius 2 is 2.05 bits per heavy atom. The first-order valence-electron chi connectivity index (χ1n) is 6.50. The van der Waals surface area contributed by atoms with Crippen molar-refractivity contribution in [1.29, 1.82) is 0 Å². The molecule has 0 atom stereocenters. The molecular formula is C14H16IN3O2S. The van der Waals surface area contributed by atoms with E-state index in [2.05, 4.69) is 37.6 Å². The molecule has 0 saturated heterocycles. The summed E-state index contributed by atoms with van der Waals surface area (Å²) in [4.78, 5) is 4.26. The highest BCUT2D eigenvalue weighted by Gasteiger charge is 2.19. The van der Waals surface area contributed by atoms with Gasteiger partial charge < -0.3 is 5.32 Å². The van der Waals surface area contributed by atoms with Gasteiger partial charge in [0.2, 0.25) is 0 Å². The fraction of sp³-hybridized carbons (Fsp3) is 0.214. The Labute approximate surface area is 138 Å². The first-order valence-corrected chi connectivity index (χ1v) is 9.06. The first-order chi connectivity index (χ1) is 10.0. The lowest BCUT2D eigenvalue weighted by Gasteiger charge is -2.12. The number of benzene rings is 1. The molecule has 0 fully saturated rings. The van der Waals surface area contributed by atoms with Gasteiger partial charge in [0.1, 0.15) is 10.7 Å². The summed E-state index contributed by atoms with van der Waals surface area (Å²) in [6.45, 7) is 2.68. The van der Waals surface area contributed by atoms with Crippen molar-refractivity contribution < 1.29 is 8.42 Å². The molecule has 0 bridgehead atoms. The maximum absolute atomic E-state index is 12.5. The van der Waals surface area contributed by atoms with Crippen LogP contribution in [0.1, 0.15) is 13.3 Å². The van der Waals surface area contributed by atoms with E-state index in [9.17, 15) is 8.42 Å². The fourth-order valence-electron chi connectivity index (χ4n) is 1.75. The molecule has 0 aliphatic rings. The third-order valence-electron chi connectivity index (χ3n) is 2.68. The second-order valence-electron chi connectivity index (χ2n) is 4.39. The van der Waals surface area contributed by atoms with Crippen LogP contribution in [-0.2, 0) is 10.0 Å². The van der Waals surface area contributed by atoms with Crippen LogP contribution in [0.15, 0.2) is 47.5 Å². The summed E-state index contributed by atoms with van der Waals surface area (Å²) in [5, 5.41) is 3.03. The lowest BCUT2D eigenvalue weighted by atomic mass is 10.3. The monoisotopic (exact) mass is 417 g/mol. The van der Waals surface area contributed by atoms with Crippen molar-refractivity contribution in [2.75, 3.05) is 16.6 Å². The average molecular weight is 417 g/mol. The summed E-state index contributed by atoms with van der Waals surface area (Å²) in [7, 11) is -3.67. The quantitative estimate of drug-likeness (QED) is 0.708. The van der Waals surface area contributed by atoms with Gasteiger partial charge in [0.15, 0.2) is 0 Å². The highest BCUT2D eigenvalue weighted by molar-refractivity contribution is 14.1. The molecule has 5 nitrogen and oxygen atoms in total. The van der Waals surface area contributed by atoms with Crippen LogP contribution in [0.2, 0.25) is 0 Å². The molecule has 0 saturated carbocycles. The predicted molar refractivity (Wildman–Crippen MR) is 93.0 cm³/mol. The van der Waals surface area contributed by atoms with Crippen molar-refractivity contribution >= 4 is 44.1 Å². The highest BCUT2D eigenvalue weighted by Crippen LogP contribution is 2.22. The molecule has 0 radical (unpaired) electrons. The maximum Gasteiger partial charge on any atom is 0.265 e. The summed E-state index contributed by atoms with van der Waals surface area (Å²) in [5.74, 6) is 0.373. The van der Waals surface area contributed by atoms with E-state index in [1.807, 2.05) is 13.0 Å². The fourth-order valence-corrected chi connectivity index (χ4v) is 3.47. The van der Waals surface area contributed by atoms with Crippen LogP contribution in [0.5, 0.6) is 0 Å². The molecular weight excluding hydrogens is 401 g/mol. The van der Waals surface area contributed by atoms with E-state index in [1.165, 1.54) is 0 Å². The van der Waals surface area contributed by atoms with Gasteiger partial charge in [-0.2, -0.15) is 0 Å². The van der Waals surface area contributed by atoms with Crippen molar-refractivity contribution in [3.63, 3.8) is 0 Å². The van der Waals surface area contributed by atoms with E-state index in [0.29, 0.717) is 18.1 Å². The zero-order chi connectivity index (χ0) is 15.3. The van der Waals surface area contributed by atoms with Crippen LogP contribution in [-0.4, -0.2) is 19.9 Å². The highest BCUT2D eigenvalue weighted by atomic mass is 127. The molecule has 2 rings (SSSR count). The Hall–Kier alpha value is -1.35. The number of halogens is 1. The summed E-state index contributed by atoms with van der Waals surface area (Å²) in [5.41, 5.74) is 0.534. The number of hydrogen-bond acceptors (Lipinski definition) is 4. The van der Waals surface area contributed by atoms with E-state index in [1.54, 1.807) is 36.5 Å². The lowest BCUT2D eigenvalue weighted by Crippen LogP contribution is -2.16. The Morgan fingerprint density at radius 3 is 2.76 bits per heavy atom. The van der Waals surface area contributed by atoms with E-state index in [-0.39, 0.29) is 4.90 Å². The average Bonchev–Trinajstić information content (AvgIpc) is 2.45. The molecule has 2 aromatic rings. The number of pyridine rings is 1. The lowest BCUT2D eigenvalue weighted by molar-refractivity contribution is 0.601. The molecule has 112 valence electrons. The Balaban J connectivity index is 2.31. The molecule has 0 aliphatic carbocycles. The smallest absolute Gasteiger partial charge is 0.265 e. The molecule has 1 heterocycles. The normalized spacial score (nSPS) is 11.1. The summed E-state index contributed by atoms with van der Waals surface area (Å²) < 4.78 is 28.5. The molecule has 0 spiro atoms. The van der Waals surface area contributed by atoms with Crippen LogP contribution >= 0.6 is 22.6 Å². The second kappa shape index (κ2) is 7.08.